The fourth-order valence-corrected chi connectivity index (χ4v) is 8.40. The van der Waals surface area contributed by atoms with Crippen molar-refractivity contribution in [2.45, 2.75) is 78.1 Å². The summed E-state index contributed by atoms with van der Waals surface area (Å²) in [5.41, 5.74) is 6.82. The SMILES string of the molecule is CC1(C)S[C@H](CNC(=O)C(NC(=O)C(NC(=O)[C@H](N)c2ccc(O)cc2)[C@@H]2N[C@@H](C(=O)O)C(C)(C)S2)c2ccc(O)cc2)N[C@H]1C(=O)O. The second-order valence-electron chi connectivity index (χ2n) is 12.6. The van der Waals surface area contributed by atoms with E-state index in [0.717, 1.165) is 11.8 Å². The number of benzene rings is 2. The Morgan fingerprint density at radius 3 is 1.75 bits per heavy atom. The number of thioether (sulfide) groups is 2. The number of aromatic hydroxyl groups is 2. The van der Waals surface area contributed by atoms with Gasteiger partial charge in [-0.15, -0.1) is 23.5 Å². The largest absolute Gasteiger partial charge is 0.508 e. The molecule has 11 N–H and O–H groups in total. The Morgan fingerprint density at radius 1 is 0.750 bits per heavy atom. The van der Waals surface area contributed by atoms with Gasteiger partial charge in [-0.1, -0.05) is 24.3 Å². The van der Waals surface area contributed by atoms with E-state index in [0.29, 0.717) is 5.56 Å². The first kappa shape index (κ1) is 36.8. The Labute approximate surface area is 285 Å². The monoisotopic (exact) mass is 704 g/mol. The lowest BCUT2D eigenvalue weighted by molar-refractivity contribution is -0.141. The van der Waals surface area contributed by atoms with E-state index in [2.05, 4.69) is 26.6 Å². The van der Waals surface area contributed by atoms with Crippen molar-refractivity contribution in [1.29, 1.82) is 0 Å². The lowest BCUT2D eigenvalue weighted by Gasteiger charge is -2.28. The fourth-order valence-electron chi connectivity index (χ4n) is 5.50. The van der Waals surface area contributed by atoms with E-state index in [1.54, 1.807) is 27.7 Å². The highest BCUT2D eigenvalue weighted by atomic mass is 32.2. The van der Waals surface area contributed by atoms with Gasteiger partial charge < -0.3 is 42.1 Å². The van der Waals surface area contributed by atoms with Gasteiger partial charge in [-0.3, -0.25) is 34.6 Å². The van der Waals surface area contributed by atoms with Crippen LogP contribution in [0.4, 0.5) is 0 Å². The van der Waals surface area contributed by atoms with Crippen LogP contribution in [0.2, 0.25) is 0 Å². The Kier molecular flexibility index (Phi) is 11.2. The lowest BCUT2D eigenvalue weighted by atomic mass is 10.0. The molecule has 260 valence electrons. The van der Waals surface area contributed by atoms with Gasteiger partial charge in [0.05, 0.1) is 10.7 Å². The van der Waals surface area contributed by atoms with Gasteiger partial charge in [0.15, 0.2) is 0 Å². The smallest absolute Gasteiger partial charge is 0.322 e. The molecule has 2 heterocycles. The van der Waals surface area contributed by atoms with E-state index < -0.39 is 80.1 Å². The zero-order chi connectivity index (χ0) is 35.6. The van der Waals surface area contributed by atoms with Crippen molar-refractivity contribution in [2.75, 3.05) is 6.54 Å². The predicted octanol–water partition coefficient (Wildman–Crippen LogP) is 0.345. The molecule has 0 bridgehead atoms. The molecule has 15 nitrogen and oxygen atoms in total. The average molecular weight is 705 g/mol. The van der Waals surface area contributed by atoms with E-state index in [1.165, 1.54) is 60.3 Å². The molecule has 2 aromatic carbocycles. The molecule has 0 aromatic heterocycles. The molecule has 3 amide bonds. The molecule has 0 aliphatic carbocycles. The summed E-state index contributed by atoms with van der Waals surface area (Å²) in [6, 6.07) is 5.17. The zero-order valence-corrected chi connectivity index (χ0v) is 28.2. The van der Waals surface area contributed by atoms with Gasteiger partial charge in [0.25, 0.3) is 0 Å². The molecule has 2 unspecified atom stereocenters. The molecule has 2 saturated heterocycles. The van der Waals surface area contributed by atoms with E-state index >= 15 is 0 Å². The highest BCUT2D eigenvalue weighted by molar-refractivity contribution is 8.01. The first-order valence-corrected chi connectivity index (χ1v) is 16.7. The maximum absolute atomic E-state index is 14.1. The van der Waals surface area contributed by atoms with Crippen LogP contribution in [0.3, 0.4) is 0 Å². The van der Waals surface area contributed by atoms with Gasteiger partial charge in [-0.25, -0.2) is 0 Å². The minimum Gasteiger partial charge on any atom is -0.508 e. The van der Waals surface area contributed by atoms with Crippen molar-refractivity contribution >= 4 is 53.2 Å². The van der Waals surface area contributed by atoms with E-state index in [4.69, 9.17) is 5.73 Å². The molecule has 4 rings (SSSR count). The molecule has 0 radical (unpaired) electrons. The van der Waals surface area contributed by atoms with Crippen molar-refractivity contribution in [3.05, 3.63) is 59.7 Å². The number of amides is 3. The van der Waals surface area contributed by atoms with Gasteiger partial charge in [-0.2, -0.15) is 0 Å². The van der Waals surface area contributed by atoms with Crippen molar-refractivity contribution in [3.63, 3.8) is 0 Å². The number of aliphatic carboxylic acids is 2. The summed E-state index contributed by atoms with van der Waals surface area (Å²) >= 11 is 2.46. The zero-order valence-electron chi connectivity index (χ0n) is 26.6. The van der Waals surface area contributed by atoms with Gasteiger partial charge in [0.1, 0.15) is 41.7 Å². The molecule has 7 atom stereocenters. The van der Waals surface area contributed by atoms with E-state index in [1.807, 2.05) is 0 Å². The molecular weight excluding hydrogens is 665 g/mol. The Hall–Kier alpha value is -4.03. The number of hydrogen-bond donors (Lipinski definition) is 10. The average Bonchev–Trinajstić information content (AvgIpc) is 3.51. The number of carbonyl (C=O) groups excluding carboxylic acids is 3. The van der Waals surface area contributed by atoms with Crippen molar-refractivity contribution in [2.24, 2.45) is 5.73 Å². The third kappa shape index (κ3) is 8.51. The van der Waals surface area contributed by atoms with Crippen LogP contribution in [0.1, 0.15) is 50.9 Å². The number of carboxylic acids is 2. The van der Waals surface area contributed by atoms with Gasteiger partial charge in [0.2, 0.25) is 17.7 Å². The first-order valence-electron chi connectivity index (χ1n) is 14.9. The van der Waals surface area contributed by atoms with E-state index in [9.17, 15) is 44.4 Å². The number of nitrogens with one attached hydrogen (secondary N) is 5. The fraction of sp³-hybridized carbons (Fsp3) is 0.452. The maximum Gasteiger partial charge on any atom is 0.322 e. The van der Waals surface area contributed by atoms with Crippen molar-refractivity contribution in [1.82, 2.24) is 26.6 Å². The van der Waals surface area contributed by atoms with Gasteiger partial charge >= 0.3 is 11.9 Å². The molecule has 17 heteroatoms. The van der Waals surface area contributed by atoms with Crippen LogP contribution in [0.5, 0.6) is 11.5 Å². The van der Waals surface area contributed by atoms with Gasteiger partial charge in [-0.05, 0) is 63.1 Å². The molecule has 48 heavy (non-hydrogen) atoms. The maximum atomic E-state index is 14.1. The van der Waals surface area contributed by atoms with Crippen LogP contribution in [0.15, 0.2) is 48.5 Å². The molecule has 2 fully saturated rings. The predicted molar refractivity (Wildman–Crippen MR) is 179 cm³/mol. The lowest BCUT2D eigenvalue weighted by Crippen LogP contribution is -2.59. The van der Waals surface area contributed by atoms with Crippen LogP contribution in [-0.4, -0.2) is 95.0 Å². The number of rotatable bonds is 12. The van der Waals surface area contributed by atoms with Crippen LogP contribution >= 0.6 is 23.5 Å². The highest BCUT2D eigenvalue weighted by Gasteiger charge is 2.50. The second-order valence-corrected chi connectivity index (χ2v) is 16.2. The molecule has 2 aliphatic rings. The standard InChI is InChI=1S/C31H40N6O9S2/c1-30(2)22(28(43)44)34-18(47-30)13-33-25(41)20(15-7-11-17(39)12-8-15)35-26(42)21(27-37-23(29(45)46)31(3,4)48-27)36-24(40)19(32)14-5-9-16(38)10-6-14/h5-12,18-23,27,34,37-39H,13,32H2,1-4H3,(H,33,41)(H,35,42)(H,36,40)(H,43,44)(H,45,46)/t18-,19-,20?,21?,22+,23+,27-/m1/s1. The summed E-state index contributed by atoms with van der Waals surface area (Å²) in [6.45, 7) is 6.92. The first-order chi connectivity index (χ1) is 22.4. The number of hydrogen-bond acceptors (Lipinski definition) is 12. The Balaban J connectivity index is 1.59. The highest BCUT2D eigenvalue weighted by Crippen LogP contribution is 2.40. The number of carboxylic acid groups (broad SMARTS) is 2. The second kappa shape index (κ2) is 14.6. The minimum absolute atomic E-state index is 0.0112. The topological polar surface area (TPSA) is 252 Å². The normalized spacial score (nSPS) is 24.5. The number of phenols is 2. The summed E-state index contributed by atoms with van der Waals surface area (Å²) in [7, 11) is 0. The Bertz CT molecular complexity index is 1540. The molecule has 2 aromatic rings. The van der Waals surface area contributed by atoms with Crippen molar-refractivity contribution in [3.8, 4) is 11.5 Å². The van der Waals surface area contributed by atoms with Crippen LogP contribution in [0, 0.1) is 0 Å². The molecule has 0 spiro atoms. The molecule has 2 aliphatic heterocycles. The minimum atomic E-state index is -1.43. The number of nitrogens with two attached hydrogens (primary N) is 1. The van der Waals surface area contributed by atoms with Gasteiger partial charge in [0, 0.05) is 16.0 Å². The summed E-state index contributed by atoms with van der Waals surface area (Å²) in [4.78, 5) is 64.9. The van der Waals surface area contributed by atoms with E-state index in [-0.39, 0.29) is 23.6 Å². The third-order valence-corrected chi connectivity index (χ3v) is 11.0. The number of carbonyl (C=O) groups is 5. The summed E-state index contributed by atoms with van der Waals surface area (Å²) in [5, 5.41) is 51.4. The van der Waals surface area contributed by atoms with Crippen LogP contribution in [-0.2, 0) is 24.0 Å². The molecule has 0 saturated carbocycles. The summed E-state index contributed by atoms with van der Waals surface area (Å²) < 4.78 is -1.56. The van der Waals surface area contributed by atoms with Crippen LogP contribution < -0.4 is 32.3 Å². The number of phenolic OH excluding ortho intramolecular Hbond substituents is 2. The summed E-state index contributed by atoms with van der Waals surface area (Å²) in [5.74, 6) is -4.57. The Morgan fingerprint density at radius 2 is 1.25 bits per heavy atom. The molecular formula is C31H40N6O9S2. The summed E-state index contributed by atoms with van der Waals surface area (Å²) in [6.07, 6.45) is 0. The van der Waals surface area contributed by atoms with Crippen LogP contribution in [0.25, 0.3) is 0 Å². The quantitative estimate of drug-likeness (QED) is 0.143. The van der Waals surface area contributed by atoms with Crippen molar-refractivity contribution < 1.29 is 44.4 Å². The third-order valence-electron chi connectivity index (χ3n) is 8.10.